The fraction of sp³-hybridized carbons (Fsp3) is 0.737. The topological polar surface area (TPSA) is 79.5 Å². The van der Waals surface area contributed by atoms with Gasteiger partial charge in [-0.15, -0.1) is 11.3 Å². The molecule has 0 aromatic carbocycles. The van der Waals surface area contributed by atoms with Gasteiger partial charge in [-0.3, -0.25) is 14.5 Å². The van der Waals surface area contributed by atoms with Gasteiger partial charge in [0.2, 0.25) is 0 Å². The summed E-state index contributed by atoms with van der Waals surface area (Å²) in [5.41, 5.74) is 6.61. The van der Waals surface area contributed by atoms with Crippen LogP contribution in [0.5, 0.6) is 0 Å². The van der Waals surface area contributed by atoms with E-state index in [0.717, 1.165) is 23.4 Å². The van der Waals surface area contributed by atoms with E-state index in [9.17, 15) is 9.59 Å². The van der Waals surface area contributed by atoms with Crippen LogP contribution < -0.4 is 10.6 Å². The van der Waals surface area contributed by atoms with E-state index >= 15 is 0 Å². The number of anilines is 1. The van der Waals surface area contributed by atoms with Crippen LogP contribution in [0, 0.1) is 17.8 Å². The normalized spacial score (nSPS) is 32.2. The highest BCUT2D eigenvalue weighted by Crippen LogP contribution is 2.60. The molecule has 142 valence electrons. The van der Waals surface area contributed by atoms with Crippen LogP contribution >= 0.6 is 11.3 Å². The molecule has 26 heavy (non-hydrogen) atoms. The number of nitrogens with zero attached hydrogens (tertiary/aromatic N) is 3. The molecule has 6 nitrogen and oxygen atoms in total. The van der Waals surface area contributed by atoms with Gasteiger partial charge < -0.3 is 10.6 Å². The van der Waals surface area contributed by atoms with Crippen LogP contribution in [-0.4, -0.2) is 48.9 Å². The summed E-state index contributed by atoms with van der Waals surface area (Å²) in [4.78, 5) is 32.1. The van der Waals surface area contributed by atoms with Gasteiger partial charge in [-0.2, -0.15) is 0 Å². The average molecular weight is 377 g/mol. The van der Waals surface area contributed by atoms with Crippen molar-refractivity contribution >= 4 is 28.3 Å². The first-order valence-corrected chi connectivity index (χ1v) is 10.5. The molecule has 0 saturated heterocycles. The van der Waals surface area contributed by atoms with Crippen molar-refractivity contribution in [1.29, 1.82) is 0 Å². The van der Waals surface area contributed by atoms with Gasteiger partial charge >= 0.3 is 11.8 Å². The number of rotatable bonds is 5. The molecule has 2 amide bonds. The maximum atomic E-state index is 12.3. The minimum absolute atomic E-state index is 0.201. The van der Waals surface area contributed by atoms with Gasteiger partial charge in [0.1, 0.15) is 0 Å². The Labute approximate surface area is 158 Å². The molecule has 2 N–H and O–H groups in total. The Morgan fingerprint density at radius 3 is 2.23 bits per heavy atom. The van der Waals surface area contributed by atoms with Crippen LogP contribution in [0.4, 0.5) is 5.13 Å². The lowest BCUT2D eigenvalue weighted by molar-refractivity contribution is -0.135. The quantitative estimate of drug-likeness (QED) is 0.797. The monoisotopic (exact) mass is 376 g/mol. The van der Waals surface area contributed by atoms with E-state index in [1.54, 1.807) is 0 Å². The molecule has 4 aliphatic rings. The van der Waals surface area contributed by atoms with Gasteiger partial charge in [0.15, 0.2) is 5.13 Å². The summed E-state index contributed by atoms with van der Waals surface area (Å²) in [5, 5.41) is 2.74. The molecular formula is C19H28N4O2S. The zero-order valence-electron chi connectivity index (χ0n) is 15.6. The van der Waals surface area contributed by atoms with E-state index in [2.05, 4.69) is 5.38 Å². The van der Waals surface area contributed by atoms with Crippen molar-refractivity contribution in [3.05, 3.63) is 11.1 Å². The zero-order valence-corrected chi connectivity index (χ0v) is 16.4. The molecule has 1 aromatic heterocycles. The highest BCUT2D eigenvalue weighted by molar-refractivity contribution is 7.14. The van der Waals surface area contributed by atoms with E-state index < -0.39 is 11.8 Å². The third-order valence-electron chi connectivity index (χ3n) is 6.53. The average Bonchev–Trinajstić information content (AvgIpc) is 3.04. The maximum absolute atomic E-state index is 12.3. The molecule has 0 aliphatic heterocycles. The van der Waals surface area contributed by atoms with Gasteiger partial charge in [-0.25, -0.2) is 4.98 Å². The second-order valence-corrected chi connectivity index (χ2v) is 9.67. The van der Waals surface area contributed by atoms with E-state index in [-0.39, 0.29) is 5.41 Å². The lowest BCUT2D eigenvalue weighted by Gasteiger charge is -2.56. The van der Waals surface area contributed by atoms with Crippen LogP contribution in [0.2, 0.25) is 0 Å². The Morgan fingerprint density at radius 2 is 1.73 bits per heavy atom. The molecule has 7 heteroatoms. The van der Waals surface area contributed by atoms with Crippen LogP contribution in [0.3, 0.4) is 0 Å². The van der Waals surface area contributed by atoms with E-state index in [1.165, 1.54) is 54.8 Å². The largest absolute Gasteiger partial charge is 0.361 e. The van der Waals surface area contributed by atoms with Gasteiger partial charge in [-0.05, 0) is 70.4 Å². The Balaban J connectivity index is 1.59. The smallest absolute Gasteiger partial charge is 0.317 e. The molecule has 0 atom stereocenters. The van der Waals surface area contributed by atoms with Crippen LogP contribution in [-0.2, 0) is 15.0 Å². The second kappa shape index (κ2) is 6.60. The minimum Gasteiger partial charge on any atom is -0.361 e. The molecule has 0 spiro atoms. The summed E-state index contributed by atoms with van der Waals surface area (Å²) in [6.07, 6.45) is 7.90. The van der Waals surface area contributed by atoms with Crippen LogP contribution in [0.15, 0.2) is 5.38 Å². The van der Waals surface area contributed by atoms with Crippen molar-refractivity contribution in [1.82, 2.24) is 9.88 Å². The van der Waals surface area contributed by atoms with E-state index in [0.29, 0.717) is 18.2 Å². The molecule has 0 unspecified atom stereocenters. The van der Waals surface area contributed by atoms with E-state index in [4.69, 9.17) is 10.7 Å². The van der Waals surface area contributed by atoms with Crippen molar-refractivity contribution < 1.29 is 9.59 Å². The Kier molecular flexibility index (Phi) is 4.55. The number of nitrogens with two attached hydrogens (primary N) is 1. The van der Waals surface area contributed by atoms with Crippen LogP contribution in [0.1, 0.15) is 44.2 Å². The van der Waals surface area contributed by atoms with Crippen molar-refractivity contribution in [2.75, 3.05) is 32.1 Å². The number of likely N-dealkylation sites (N-methyl/N-ethyl adjacent to an activating group) is 1. The first kappa shape index (κ1) is 17.9. The summed E-state index contributed by atoms with van der Waals surface area (Å²) in [6, 6.07) is 0. The first-order chi connectivity index (χ1) is 12.4. The maximum Gasteiger partial charge on any atom is 0.317 e. The van der Waals surface area contributed by atoms with Crippen molar-refractivity contribution in [3.63, 3.8) is 0 Å². The summed E-state index contributed by atoms with van der Waals surface area (Å²) in [6.45, 7) is 1.08. The molecule has 4 fully saturated rings. The molecule has 4 aliphatic carbocycles. The third kappa shape index (κ3) is 3.16. The Hall–Kier alpha value is -1.47. The molecular weight excluding hydrogens is 348 g/mol. The zero-order chi connectivity index (χ0) is 18.5. The predicted octanol–water partition coefficient (Wildman–Crippen LogP) is 1.99. The molecule has 5 rings (SSSR count). The number of primary amides is 1. The fourth-order valence-corrected chi connectivity index (χ4v) is 6.75. The standard InChI is InChI=1S/C19H28N4O2S/c1-22(2)3-4-23(17(25)16(20)24)18-21-15(11-26-18)19-8-12-5-13(9-19)7-14(6-12)10-19/h11-14H,3-10H2,1-2H3,(H2,20,24). The van der Waals surface area contributed by atoms with Crippen molar-refractivity contribution in [3.8, 4) is 0 Å². The highest BCUT2D eigenvalue weighted by atomic mass is 32.1. The highest BCUT2D eigenvalue weighted by Gasteiger charge is 2.52. The number of hydrogen-bond donors (Lipinski definition) is 1. The number of carbonyl (C=O) groups is 2. The summed E-state index contributed by atoms with van der Waals surface area (Å²) in [7, 11) is 3.88. The van der Waals surface area contributed by atoms with Gasteiger partial charge in [0.25, 0.3) is 0 Å². The Bertz CT molecular complexity index is 679. The molecule has 4 saturated carbocycles. The lowest BCUT2D eigenvalue weighted by Crippen LogP contribution is -2.48. The summed E-state index contributed by atoms with van der Waals surface area (Å²) < 4.78 is 0. The fourth-order valence-electron chi connectivity index (χ4n) is 5.77. The SMILES string of the molecule is CN(C)CCN(C(=O)C(N)=O)c1nc(C23CC4CC(CC(C4)C2)C3)cs1. The van der Waals surface area contributed by atoms with Crippen LogP contribution in [0.25, 0.3) is 0 Å². The number of amides is 2. The number of carbonyl (C=O) groups excluding carboxylic acids is 2. The van der Waals surface area contributed by atoms with Gasteiger partial charge in [-0.1, -0.05) is 0 Å². The molecule has 4 bridgehead atoms. The van der Waals surface area contributed by atoms with Gasteiger partial charge in [0, 0.05) is 23.9 Å². The number of hydrogen-bond acceptors (Lipinski definition) is 5. The number of thiazole rings is 1. The summed E-state index contributed by atoms with van der Waals surface area (Å²) >= 11 is 1.47. The molecule has 0 radical (unpaired) electrons. The van der Waals surface area contributed by atoms with E-state index in [1.807, 2.05) is 19.0 Å². The third-order valence-corrected chi connectivity index (χ3v) is 7.39. The number of aromatic nitrogens is 1. The Morgan fingerprint density at radius 1 is 1.15 bits per heavy atom. The summed E-state index contributed by atoms with van der Waals surface area (Å²) in [5.74, 6) is 0.962. The first-order valence-electron chi connectivity index (χ1n) is 9.58. The molecule has 1 heterocycles. The molecule has 1 aromatic rings. The minimum atomic E-state index is -0.921. The predicted molar refractivity (Wildman–Crippen MR) is 102 cm³/mol. The lowest BCUT2D eigenvalue weighted by atomic mass is 9.49. The van der Waals surface area contributed by atoms with Crippen molar-refractivity contribution in [2.24, 2.45) is 23.5 Å². The van der Waals surface area contributed by atoms with Gasteiger partial charge in [0.05, 0.1) is 5.69 Å². The second-order valence-electron chi connectivity index (χ2n) is 8.84. The van der Waals surface area contributed by atoms with Crippen molar-refractivity contribution in [2.45, 2.75) is 43.9 Å².